The second kappa shape index (κ2) is 11.2. The van der Waals surface area contributed by atoms with E-state index in [2.05, 4.69) is 16.1 Å². The van der Waals surface area contributed by atoms with Gasteiger partial charge in [0.15, 0.2) is 0 Å². The molecule has 2 rings (SSSR count). The monoisotopic (exact) mass is 405 g/mol. The van der Waals surface area contributed by atoms with Gasteiger partial charge in [-0.1, -0.05) is 44.2 Å². The number of ether oxygens (including phenoxy) is 1. The van der Waals surface area contributed by atoms with Gasteiger partial charge in [-0.2, -0.15) is 0 Å². The van der Waals surface area contributed by atoms with Gasteiger partial charge in [0.2, 0.25) is 11.7 Å². The van der Waals surface area contributed by atoms with Crippen LogP contribution in [-0.4, -0.2) is 42.4 Å². The van der Waals surface area contributed by atoms with Gasteiger partial charge in [-0.05, 0) is 30.7 Å². The Bertz CT molecular complexity index is 722. The molecular weight excluding hydrogens is 378 g/mol. The van der Waals surface area contributed by atoms with Crippen LogP contribution < -0.4 is 16.1 Å². The molecule has 3 amide bonds. The molecule has 1 aromatic carbocycles. The van der Waals surface area contributed by atoms with Gasteiger partial charge in [-0.3, -0.25) is 19.2 Å². The summed E-state index contributed by atoms with van der Waals surface area (Å²) in [5, 5.41) is 5.11. The molecular formula is C20H27N3O6. The first-order chi connectivity index (χ1) is 13.9. The van der Waals surface area contributed by atoms with E-state index in [9.17, 15) is 19.2 Å². The molecule has 1 saturated heterocycles. The second-order valence-corrected chi connectivity index (χ2v) is 7.13. The molecule has 9 nitrogen and oxygen atoms in total. The van der Waals surface area contributed by atoms with E-state index >= 15 is 0 Å². The molecule has 0 aliphatic carbocycles. The average Bonchev–Trinajstić information content (AvgIpc) is 2.78. The Morgan fingerprint density at radius 3 is 2.62 bits per heavy atom. The highest BCUT2D eigenvalue weighted by molar-refractivity contribution is 6.38. The predicted molar refractivity (Wildman–Crippen MR) is 103 cm³/mol. The molecule has 0 aromatic heterocycles. The first-order valence-electron chi connectivity index (χ1n) is 9.62. The van der Waals surface area contributed by atoms with Crippen molar-refractivity contribution in [2.24, 2.45) is 5.92 Å². The number of benzene rings is 1. The van der Waals surface area contributed by atoms with Crippen molar-refractivity contribution in [1.29, 1.82) is 0 Å². The lowest BCUT2D eigenvalue weighted by molar-refractivity contribution is -0.147. The Labute approximate surface area is 169 Å². The lowest BCUT2D eigenvalue weighted by atomic mass is 10.0. The quantitative estimate of drug-likeness (QED) is 0.612. The number of hydrogen-bond donors (Lipinski definition) is 3. The van der Waals surface area contributed by atoms with Gasteiger partial charge in [0.1, 0.15) is 12.6 Å². The summed E-state index contributed by atoms with van der Waals surface area (Å²) in [6.07, 6.45) is 0.807. The Balaban J connectivity index is 1.95. The molecule has 9 heteroatoms. The van der Waals surface area contributed by atoms with Crippen LogP contribution in [-0.2, 0) is 30.6 Å². The number of ketones is 1. The van der Waals surface area contributed by atoms with Crippen molar-refractivity contribution < 1.29 is 28.8 Å². The Hall–Kier alpha value is -2.94. The highest BCUT2D eigenvalue weighted by atomic mass is 16.7. The number of alkyl carbamates (subject to hydrolysis) is 1. The van der Waals surface area contributed by atoms with Crippen LogP contribution >= 0.6 is 0 Å². The minimum Gasteiger partial charge on any atom is -0.445 e. The molecule has 2 atom stereocenters. The third kappa shape index (κ3) is 7.19. The highest BCUT2D eigenvalue weighted by Crippen LogP contribution is 2.09. The van der Waals surface area contributed by atoms with Crippen LogP contribution in [0.3, 0.4) is 0 Å². The largest absolute Gasteiger partial charge is 0.445 e. The minimum atomic E-state index is -0.979. The van der Waals surface area contributed by atoms with E-state index in [0.717, 1.165) is 5.56 Å². The fourth-order valence-corrected chi connectivity index (χ4v) is 2.80. The molecule has 158 valence electrons. The predicted octanol–water partition coefficient (Wildman–Crippen LogP) is 1.22. The number of amides is 3. The van der Waals surface area contributed by atoms with Crippen molar-refractivity contribution in [2.75, 3.05) is 6.61 Å². The molecule has 0 radical (unpaired) electrons. The van der Waals surface area contributed by atoms with E-state index in [1.807, 2.05) is 30.3 Å². The molecule has 1 aliphatic rings. The van der Waals surface area contributed by atoms with Gasteiger partial charge in [0, 0.05) is 0 Å². The van der Waals surface area contributed by atoms with E-state index in [0.29, 0.717) is 25.9 Å². The lowest BCUT2D eigenvalue weighted by Gasteiger charge is -2.24. The molecule has 0 bridgehead atoms. The van der Waals surface area contributed by atoms with Crippen molar-refractivity contribution in [3.8, 4) is 0 Å². The summed E-state index contributed by atoms with van der Waals surface area (Å²) in [7, 11) is 0. The van der Waals surface area contributed by atoms with Gasteiger partial charge in [0.05, 0.1) is 12.6 Å². The van der Waals surface area contributed by atoms with Crippen molar-refractivity contribution in [3.63, 3.8) is 0 Å². The van der Waals surface area contributed by atoms with Gasteiger partial charge in [0.25, 0.3) is 0 Å². The maximum absolute atomic E-state index is 12.7. The number of Topliss-reactive ketones (excluding diaryl/α,β-unsaturated/α-hetero) is 1. The topological polar surface area (TPSA) is 123 Å². The Morgan fingerprint density at radius 2 is 1.93 bits per heavy atom. The zero-order chi connectivity index (χ0) is 21.2. The van der Waals surface area contributed by atoms with Crippen LogP contribution in [0.4, 0.5) is 4.79 Å². The summed E-state index contributed by atoms with van der Waals surface area (Å²) >= 11 is 0. The lowest BCUT2D eigenvalue weighted by Crippen LogP contribution is -2.55. The van der Waals surface area contributed by atoms with Crippen molar-refractivity contribution in [3.05, 3.63) is 35.9 Å². The van der Waals surface area contributed by atoms with Gasteiger partial charge < -0.3 is 15.4 Å². The van der Waals surface area contributed by atoms with Crippen LogP contribution in [0, 0.1) is 5.92 Å². The van der Waals surface area contributed by atoms with Gasteiger partial charge in [-0.25, -0.2) is 10.3 Å². The van der Waals surface area contributed by atoms with Crippen LogP contribution in [0.1, 0.15) is 38.7 Å². The van der Waals surface area contributed by atoms with E-state index in [1.54, 1.807) is 13.8 Å². The molecule has 0 saturated carbocycles. The minimum absolute atomic E-state index is 0.0698. The average molecular weight is 405 g/mol. The Kier molecular flexibility index (Phi) is 8.60. The number of rotatable bonds is 6. The third-order valence-electron chi connectivity index (χ3n) is 4.45. The summed E-state index contributed by atoms with van der Waals surface area (Å²) in [4.78, 5) is 53.7. The zero-order valence-electron chi connectivity index (χ0n) is 16.6. The van der Waals surface area contributed by atoms with E-state index in [-0.39, 0.29) is 12.5 Å². The first-order valence-corrected chi connectivity index (χ1v) is 9.62. The summed E-state index contributed by atoms with van der Waals surface area (Å²) in [5.74, 6) is -2.51. The number of hydroxylamine groups is 1. The van der Waals surface area contributed by atoms with Crippen molar-refractivity contribution >= 4 is 23.7 Å². The van der Waals surface area contributed by atoms with Crippen LogP contribution in [0.25, 0.3) is 0 Å². The van der Waals surface area contributed by atoms with Crippen molar-refractivity contribution in [2.45, 2.75) is 51.8 Å². The van der Waals surface area contributed by atoms with E-state index in [1.165, 1.54) is 0 Å². The van der Waals surface area contributed by atoms with Crippen LogP contribution in [0.15, 0.2) is 30.3 Å². The molecule has 1 fully saturated rings. The summed E-state index contributed by atoms with van der Waals surface area (Å²) in [5.41, 5.74) is 2.88. The number of carbonyl (C=O) groups excluding carboxylic acids is 4. The smallest absolute Gasteiger partial charge is 0.408 e. The molecule has 1 heterocycles. The van der Waals surface area contributed by atoms with E-state index in [4.69, 9.17) is 9.57 Å². The normalized spacial score (nSPS) is 18.7. The number of hydrogen-bond acceptors (Lipinski definition) is 6. The SMILES string of the molecule is CC(C)C(NC(=O)OCc1ccccc1)C(=O)NC1CCCCONC(=O)C1=O. The van der Waals surface area contributed by atoms with Gasteiger partial charge >= 0.3 is 12.0 Å². The fourth-order valence-electron chi connectivity index (χ4n) is 2.80. The zero-order valence-corrected chi connectivity index (χ0v) is 16.6. The molecule has 2 unspecified atom stereocenters. The maximum Gasteiger partial charge on any atom is 0.408 e. The first kappa shape index (κ1) is 22.4. The molecule has 0 spiro atoms. The summed E-state index contributed by atoms with van der Waals surface area (Å²) < 4.78 is 5.16. The van der Waals surface area contributed by atoms with Crippen LogP contribution in [0.2, 0.25) is 0 Å². The van der Waals surface area contributed by atoms with E-state index < -0.39 is 35.8 Å². The maximum atomic E-state index is 12.7. The second-order valence-electron chi connectivity index (χ2n) is 7.13. The third-order valence-corrected chi connectivity index (χ3v) is 4.45. The fraction of sp³-hybridized carbons (Fsp3) is 0.500. The van der Waals surface area contributed by atoms with Crippen molar-refractivity contribution in [1.82, 2.24) is 16.1 Å². The summed E-state index contributed by atoms with van der Waals surface area (Å²) in [6.45, 7) is 3.88. The molecule has 1 aromatic rings. The molecule has 3 N–H and O–H groups in total. The van der Waals surface area contributed by atoms with Gasteiger partial charge in [-0.15, -0.1) is 0 Å². The molecule has 29 heavy (non-hydrogen) atoms. The highest BCUT2D eigenvalue weighted by Gasteiger charge is 2.32. The standard InChI is InChI=1S/C20H27N3O6/c1-13(2)16(22-20(27)28-12-14-8-4-3-5-9-14)18(25)21-15-10-6-7-11-29-23-19(26)17(15)24/h3-5,8-9,13,15-16H,6-7,10-12H2,1-2H3,(H,21,25)(H,22,27)(H,23,26). The van der Waals surface area contributed by atoms with Crippen LogP contribution in [0.5, 0.6) is 0 Å². The number of nitrogens with one attached hydrogen (secondary N) is 3. The molecule has 1 aliphatic heterocycles. The Morgan fingerprint density at radius 1 is 1.21 bits per heavy atom. The summed E-state index contributed by atoms with van der Waals surface area (Å²) in [6, 6.07) is 7.25. The number of carbonyl (C=O) groups is 4.